The van der Waals surface area contributed by atoms with Crippen molar-refractivity contribution in [3.05, 3.63) is 139 Å². The van der Waals surface area contributed by atoms with Gasteiger partial charge in [0.1, 0.15) is 5.82 Å². The Balaban J connectivity index is 1.34. The molecular formula is C40H22FN3S. The van der Waals surface area contributed by atoms with Gasteiger partial charge in [-0.05, 0) is 41.1 Å². The standard InChI is InChI=1S/C40H22FN3S/c41-33-13-5-1-11-31(33)37-32-12-2-6-14-34(32)42-40(43-37)44-35-15-7-3-9-25(35)28-19-17-23-24-18-21-30-26-10-4-8-16-36(26)45-39(30)29(24)22-20-27(23)38(28)44/h1-22H. The highest BCUT2D eigenvalue weighted by atomic mass is 32.1. The average molecular weight is 596 g/mol. The first-order valence-corrected chi connectivity index (χ1v) is 15.8. The van der Waals surface area contributed by atoms with E-state index >= 15 is 4.39 Å². The molecule has 0 bridgehead atoms. The maximum Gasteiger partial charge on any atom is 0.235 e. The van der Waals surface area contributed by atoms with Crippen LogP contribution >= 0.6 is 11.3 Å². The van der Waals surface area contributed by atoms with Gasteiger partial charge in [0.2, 0.25) is 5.95 Å². The summed E-state index contributed by atoms with van der Waals surface area (Å²) in [5, 5.41) is 10.4. The number of benzene rings is 7. The minimum absolute atomic E-state index is 0.306. The summed E-state index contributed by atoms with van der Waals surface area (Å²) in [5.74, 6) is 0.213. The predicted octanol–water partition coefficient (Wildman–Crippen LogP) is 11.2. The lowest BCUT2D eigenvalue weighted by Gasteiger charge is -2.13. The van der Waals surface area contributed by atoms with Crippen molar-refractivity contribution in [3.63, 3.8) is 0 Å². The summed E-state index contributed by atoms with van der Waals surface area (Å²) >= 11 is 1.85. The molecule has 0 atom stereocenters. The van der Waals surface area contributed by atoms with E-state index in [1.54, 1.807) is 12.1 Å². The largest absolute Gasteiger partial charge is 0.277 e. The Morgan fingerprint density at radius 2 is 1.09 bits per heavy atom. The van der Waals surface area contributed by atoms with Crippen LogP contribution in [-0.2, 0) is 0 Å². The second kappa shape index (κ2) is 9.18. The van der Waals surface area contributed by atoms with Crippen LogP contribution in [0, 0.1) is 5.82 Å². The van der Waals surface area contributed by atoms with E-state index in [9.17, 15) is 0 Å². The zero-order valence-corrected chi connectivity index (χ0v) is 24.6. The normalized spacial score (nSPS) is 12.1. The van der Waals surface area contributed by atoms with Crippen molar-refractivity contribution in [2.75, 3.05) is 0 Å². The van der Waals surface area contributed by atoms with Gasteiger partial charge in [0.05, 0.1) is 22.2 Å². The number of halogens is 1. The highest BCUT2D eigenvalue weighted by Gasteiger charge is 2.21. The van der Waals surface area contributed by atoms with E-state index in [1.165, 1.54) is 42.4 Å². The van der Waals surface area contributed by atoms with E-state index in [0.717, 1.165) is 38.1 Å². The SMILES string of the molecule is Fc1ccccc1-c1nc(-n2c3ccccc3c3ccc4c5ccc6c7ccccc7sc6c5ccc4c32)nc2ccccc12. The van der Waals surface area contributed by atoms with Crippen molar-refractivity contribution in [3.8, 4) is 17.2 Å². The maximum atomic E-state index is 15.3. The molecule has 10 aromatic rings. The molecule has 3 heterocycles. The third kappa shape index (κ3) is 3.44. The van der Waals surface area contributed by atoms with Crippen LogP contribution in [0.5, 0.6) is 0 Å². The van der Waals surface area contributed by atoms with Crippen LogP contribution in [0.3, 0.4) is 0 Å². The highest BCUT2D eigenvalue weighted by Crippen LogP contribution is 2.43. The summed E-state index contributed by atoms with van der Waals surface area (Å²) in [5.41, 5.74) is 3.86. The van der Waals surface area contributed by atoms with Gasteiger partial charge in [-0.25, -0.2) is 14.4 Å². The number of hydrogen-bond donors (Lipinski definition) is 0. The van der Waals surface area contributed by atoms with Crippen LogP contribution in [0.15, 0.2) is 133 Å². The van der Waals surface area contributed by atoms with Gasteiger partial charge < -0.3 is 0 Å². The Labute approximate surface area is 260 Å². The molecule has 0 unspecified atom stereocenters. The van der Waals surface area contributed by atoms with Gasteiger partial charge >= 0.3 is 0 Å². The Morgan fingerprint density at radius 1 is 0.489 bits per heavy atom. The Bertz CT molecular complexity index is 2850. The second-order valence-corrected chi connectivity index (χ2v) is 12.5. The molecule has 0 aliphatic rings. The fraction of sp³-hybridized carbons (Fsp3) is 0. The van der Waals surface area contributed by atoms with Crippen LogP contribution in [0.2, 0.25) is 0 Å². The molecule has 0 N–H and O–H groups in total. The lowest BCUT2D eigenvalue weighted by atomic mass is 9.98. The molecular weight excluding hydrogens is 574 g/mol. The number of thiophene rings is 1. The Hall–Kier alpha value is -5.65. The molecule has 3 nitrogen and oxygen atoms in total. The summed E-state index contributed by atoms with van der Waals surface area (Å²) in [6.45, 7) is 0. The number of aromatic nitrogens is 3. The number of hydrogen-bond acceptors (Lipinski definition) is 3. The smallest absolute Gasteiger partial charge is 0.235 e. The second-order valence-electron chi connectivity index (χ2n) is 11.5. The van der Waals surface area contributed by atoms with Crippen LogP contribution in [-0.4, -0.2) is 14.5 Å². The predicted molar refractivity (Wildman–Crippen MR) is 187 cm³/mol. The van der Waals surface area contributed by atoms with E-state index in [1.807, 2.05) is 47.7 Å². The monoisotopic (exact) mass is 595 g/mol. The minimum Gasteiger partial charge on any atom is -0.277 e. The first kappa shape index (κ1) is 24.8. The van der Waals surface area contributed by atoms with Crippen molar-refractivity contribution in [1.82, 2.24) is 14.5 Å². The zero-order valence-electron chi connectivity index (χ0n) is 23.8. The van der Waals surface area contributed by atoms with Gasteiger partial charge in [-0.1, -0.05) is 103 Å². The van der Waals surface area contributed by atoms with E-state index in [2.05, 4.69) is 83.4 Å². The molecule has 45 heavy (non-hydrogen) atoms. The molecule has 0 saturated carbocycles. The molecule has 0 radical (unpaired) electrons. The first-order chi connectivity index (χ1) is 22.2. The molecule has 0 aliphatic heterocycles. The van der Waals surface area contributed by atoms with E-state index in [0.29, 0.717) is 17.2 Å². The quantitative estimate of drug-likeness (QED) is 0.186. The van der Waals surface area contributed by atoms with Gasteiger partial charge in [0.15, 0.2) is 0 Å². The van der Waals surface area contributed by atoms with Crippen molar-refractivity contribution in [2.24, 2.45) is 0 Å². The van der Waals surface area contributed by atoms with Crippen LogP contribution in [0.1, 0.15) is 0 Å². The highest BCUT2D eigenvalue weighted by molar-refractivity contribution is 7.26. The molecule has 10 rings (SSSR count). The molecule has 3 aromatic heterocycles. The first-order valence-electron chi connectivity index (χ1n) is 15.0. The third-order valence-electron chi connectivity index (χ3n) is 9.09. The molecule has 0 fully saturated rings. The number of nitrogens with zero attached hydrogens (tertiary/aromatic N) is 3. The van der Waals surface area contributed by atoms with Crippen LogP contribution in [0.25, 0.3) is 91.6 Å². The van der Waals surface area contributed by atoms with Crippen molar-refractivity contribution >= 4 is 85.8 Å². The topological polar surface area (TPSA) is 30.7 Å². The van der Waals surface area contributed by atoms with E-state index < -0.39 is 0 Å². The lowest BCUT2D eigenvalue weighted by molar-refractivity contribution is 0.631. The number of rotatable bonds is 2. The lowest BCUT2D eigenvalue weighted by Crippen LogP contribution is -2.04. The average Bonchev–Trinajstić information content (AvgIpc) is 3.64. The van der Waals surface area contributed by atoms with Crippen molar-refractivity contribution in [1.29, 1.82) is 0 Å². The molecule has 0 amide bonds. The maximum absolute atomic E-state index is 15.3. The summed E-state index contributed by atoms with van der Waals surface area (Å²) in [7, 11) is 0. The number of fused-ring (bicyclic) bond motifs is 12. The molecule has 5 heteroatoms. The van der Waals surface area contributed by atoms with Gasteiger partial charge in [0.25, 0.3) is 0 Å². The molecule has 210 valence electrons. The van der Waals surface area contributed by atoms with Gasteiger partial charge in [0, 0.05) is 52.7 Å². The minimum atomic E-state index is -0.306. The van der Waals surface area contributed by atoms with Crippen molar-refractivity contribution < 1.29 is 4.39 Å². The summed E-state index contributed by atoms with van der Waals surface area (Å²) in [6, 6.07) is 45.2. The van der Waals surface area contributed by atoms with Gasteiger partial charge in [-0.3, -0.25) is 4.57 Å². The zero-order chi connectivity index (χ0) is 29.6. The molecule has 0 spiro atoms. The molecule has 0 saturated heterocycles. The summed E-state index contributed by atoms with van der Waals surface area (Å²) in [6.07, 6.45) is 0. The molecule has 7 aromatic carbocycles. The summed E-state index contributed by atoms with van der Waals surface area (Å²) < 4.78 is 20.0. The van der Waals surface area contributed by atoms with Gasteiger partial charge in [-0.2, -0.15) is 0 Å². The van der Waals surface area contributed by atoms with Crippen LogP contribution < -0.4 is 0 Å². The van der Waals surface area contributed by atoms with Gasteiger partial charge in [-0.15, -0.1) is 11.3 Å². The Kier molecular flexibility index (Phi) is 5.05. The van der Waals surface area contributed by atoms with E-state index in [4.69, 9.17) is 9.97 Å². The summed E-state index contributed by atoms with van der Waals surface area (Å²) in [4.78, 5) is 10.2. The molecule has 0 aliphatic carbocycles. The fourth-order valence-corrected chi connectivity index (χ4v) is 8.32. The number of para-hydroxylation sites is 2. The van der Waals surface area contributed by atoms with Crippen LogP contribution in [0.4, 0.5) is 4.39 Å². The fourth-order valence-electron chi connectivity index (χ4n) is 7.09. The third-order valence-corrected chi connectivity index (χ3v) is 10.3. The Morgan fingerprint density at radius 3 is 1.93 bits per heavy atom. The van der Waals surface area contributed by atoms with E-state index in [-0.39, 0.29) is 5.82 Å². The van der Waals surface area contributed by atoms with Crippen molar-refractivity contribution in [2.45, 2.75) is 0 Å².